The molecule has 0 aliphatic heterocycles. The molecule has 0 aromatic heterocycles. The Labute approximate surface area is 122 Å². The molecule has 0 heterocycles. The standard InChI is InChI=1S/C14H19N3O4/c1-15-14(19)10-3-5-12(13(7-10)17(20)21)16-8-9-2-4-11(18)6-9/h3,5,7,9,11,16,18H,2,4,6,8H2,1H3,(H,15,19). The highest BCUT2D eigenvalue weighted by Gasteiger charge is 2.24. The molecule has 2 atom stereocenters. The van der Waals surface area contributed by atoms with E-state index in [0.29, 0.717) is 18.2 Å². The second-order valence-electron chi connectivity index (χ2n) is 5.28. The monoisotopic (exact) mass is 293 g/mol. The van der Waals surface area contributed by atoms with Crippen molar-refractivity contribution in [3.8, 4) is 0 Å². The number of aliphatic hydroxyl groups excluding tert-OH is 1. The van der Waals surface area contributed by atoms with Gasteiger partial charge < -0.3 is 15.7 Å². The van der Waals surface area contributed by atoms with Crippen molar-refractivity contribution in [2.45, 2.75) is 25.4 Å². The number of hydrogen-bond donors (Lipinski definition) is 3. The quantitative estimate of drug-likeness (QED) is 0.564. The van der Waals surface area contributed by atoms with Crippen molar-refractivity contribution < 1.29 is 14.8 Å². The fourth-order valence-electron chi connectivity index (χ4n) is 2.61. The maximum Gasteiger partial charge on any atom is 0.293 e. The van der Waals surface area contributed by atoms with Crippen LogP contribution in [-0.2, 0) is 0 Å². The summed E-state index contributed by atoms with van der Waals surface area (Å²) >= 11 is 0. The minimum atomic E-state index is -0.502. The van der Waals surface area contributed by atoms with Gasteiger partial charge in [0.25, 0.3) is 11.6 Å². The van der Waals surface area contributed by atoms with Crippen molar-refractivity contribution in [2.75, 3.05) is 18.9 Å². The predicted octanol–water partition coefficient (Wildman–Crippen LogP) is 1.53. The average Bonchev–Trinajstić information content (AvgIpc) is 2.89. The second-order valence-corrected chi connectivity index (χ2v) is 5.28. The summed E-state index contributed by atoms with van der Waals surface area (Å²) in [5.41, 5.74) is 0.537. The maximum absolute atomic E-state index is 11.5. The molecule has 1 aliphatic rings. The summed E-state index contributed by atoms with van der Waals surface area (Å²) in [6.07, 6.45) is 2.15. The van der Waals surface area contributed by atoms with E-state index in [9.17, 15) is 20.0 Å². The van der Waals surface area contributed by atoms with Gasteiger partial charge in [-0.2, -0.15) is 0 Å². The number of nitrogens with zero attached hydrogens (tertiary/aromatic N) is 1. The van der Waals surface area contributed by atoms with Crippen molar-refractivity contribution in [2.24, 2.45) is 5.92 Å². The third-order valence-electron chi connectivity index (χ3n) is 3.78. The summed E-state index contributed by atoms with van der Waals surface area (Å²) in [6, 6.07) is 4.37. The van der Waals surface area contributed by atoms with Gasteiger partial charge in [0.05, 0.1) is 11.0 Å². The van der Waals surface area contributed by atoms with Gasteiger partial charge in [-0.1, -0.05) is 0 Å². The van der Waals surface area contributed by atoms with E-state index >= 15 is 0 Å². The molecule has 1 aromatic rings. The number of hydrogen-bond acceptors (Lipinski definition) is 5. The van der Waals surface area contributed by atoms with Crippen LogP contribution in [-0.4, -0.2) is 35.6 Å². The largest absolute Gasteiger partial charge is 0.393 e. The van der Waals surface area contributed by atoms with E-state index in [1.807, 2.05) is 0 Å². The van der Waals surface area contributed by atoms with Crippen LogP contribution in [0.25, 0.3) is 0 Å². The number of nitro groups is 1. The molecule has 2 unspecified atom stereocenters. The normalized spacial score (nSPS) is 21.0. The maximum atomic E-state index is 11.5. The summed E-state index contributed by atoms with van der Waals surface area (Å²) in [5.74, 6) is -0.0400. The van der Waals surface area contributed by atoms with Crippen molar-refractivity contribution >= 4 is 17.3 Å². The average molecular weight is 293 g/mol. The number of nitrogens with one attached hydrogen (secondary N) is 2. The second kappa shape index (κ2) is 6.53. The predicted molar refractivity (Wildman–Crippen MR) is 78.3 cm³/mol. The van der Waals surface area contributed by atoms with Gasteiger partial charge in [-0.3, -0.25) is 14.9 Å². The summed E-state index contributed by atoms with van der Waals surface area (Å²) in [5, 5.41) is 26.1. The Hall–Kier alpha value is -2.15. The Bertz CT molecular complexity index is 547. The van der Waals surface area contributed by atoms with E-state index in [2.05, 4.69) is 10.6 Å². The number of carbonyl (C=O) groups is 1. The van der Waals surface area contributed by atoms with Crippen LogP contribution in [0.4, 0.5) is 11.4 Å². The van der Waals surface area contributed by atoms with Crippen LogP contribution in [0.2, 0.25) is 0 Å². The Morgan fingerprint density at radius 3 is 2.81 bits per heavy atom. The van der Waals surface area contributed by atoms with E-state index in [0.717, 1.165) is 19.3 Å². The highest BCUT2D eigenvalue weighted by molar-refractivity contribution is 5.95. The Morgan fingerprint density at radius 1 is 1.48 bits per heavy atom. The Morgan fingerprint density at radius 2 is 2.24 bits per heavy atom. The van der Waals surface area contributed by atoms with Crippen molar-refractivity contribution in [1.82, 2.24) is 5.32 Å². The molecule has 7 nitrogen and oxygen atoms in total. The summed E-state index contributed by atoms with van der Waals surface area (Å²) in [6.45, 7) is 0.581. The summed E-state index contributed by atoms with van der Waals surface area (Å²) in [4.78, 5) is 22.1. The topological polar surface area (TPSA) is 104 Å². The van der Waals surface area contributed by atoms with E-state index in [1.165, 1.54) is 13.1 Å². The van der Waals surface area contributed by atoms with Gasteiger partial charge in [0.2, 0.25) is 0 Å². The molecule has 0 saturated heterocycles. The molecular formula is C14H19N3O4. The SMILES string of the molecule is CNC(=O)c1ccc(NCC2CCC(O)C2)c([N+](=O)[O-])c1. The van der Waals surface area contributed by atoms with Crippen LogP contribution in [0, 0.1) is 16.0 Å². The first-order valence-corrected chi connectivity index (χ1v) is 6.93. The molecule has 1 saturated carbocycles. The third-order valence-corrected chi connectivity index (χ3v) is 3.78. The first kappa shape index (κ1) is 15.2. The highest BCUT2D eigenvalue weighted by Crippen LogP contribution is 2.29. The van der Waals surface area contributed by atoms with Gasteiger partial charge in [-0.05, 0) is 37.3 Å². The lowest BCUT2D eigenvalue weighted by Gasteiger charge is -2.12. The zero-order valence-electron chi connectivity index (χ0n) is 11.8. The number of rotatable bonds is 5. The molecule has 0 spiro atoms. The van der Waals surface area contributed by atoms with Crippen LogP contribution < -0.4 is 10.6 Å². The first-order valence-electron chi connectivity index (χ1n) is 6.93. The minimum Gasteiger partial charge on any atom is -0.393 e. The lowest BCUT2D eigenvalue weighted by Crippen LogP contribution is -2.18. The number of aliphatic hydroxyl groups is 1. The number of nitro benzene ring substituents is 1. The molecule has 1 aliphatic carbocycles. The first-order chi connectivity index (χ1) is 10.0. The van der Waals surface area contributed by atoms with Gasteiger partial charge in [-0.25, -0.2) is 0 Å². The molecule has 2 rings (SSSR count). The van der Waals surface area contributed by atoms with Gasteiger partial charge >= 0.3 is 0 Å². The molecule has 1 amide bonds. The zero-order valence-corrected chi connectivity index (χ0v) is 11.8. The molecule has 0 radical (unpaired) electrons. The summed E-state index contributed by atoms with van der Waals surface area (Å²) in [7, 11) is 1.48. The Kier molecular flexibility index (Phi) is 4.74. The van der Waals surface area contributed by atoms with Gasteiger partial charge in [0.15, 0.2) is 0 Å². The van der Waals surface area contributed by atoms with Crippen molar-refractivity contribution in [3.63, 3.8) is 0 Å². The van der Waals surface area contributed by atoms with Gasteiger partial charge in [0.1, 0.15) is 5.69 Å². The van der Waals surface area contributed by atoms with E-state index in [1.54, 1.807) is 12.1 Å². The third kappa shape index (κ3) is 3.69. The number of anilines is 1. The summed E-state index contributed by atoms with van der Waals surface area (Å²) < 4.78 is 0. The van der Waals surface area contributed by atoms with Gasteiger partial charge in [0, 0.05) is 25.2 Å². The van der Waals surface area contributed by atoms with Crippen LogP contribution in [0.1, 0.15) is 29.6 Å². The highest BCUT2D eigenvalue weighted by atomic mass is 16.6. The fourth-order valence-corrected chi connectivity index (χ4v) is 2.61. The van der Waals surface area contributed by atoms with Crippen LogP contribution in [0.3, 0.4) is 0 Å². The number of benzene rings is 1. The van der Waals surface area contributed by atoms with Crippen LogP contribution in [0.15, 0.2) is 18.2 Å². The van der Waals surface area contributed by atoms with E-state index in [4.69, 9.17) is 0 Å². The number of amides is 1. The van der Waals surface area contributed by atoms with Gasteiger partial charge in [-0.15, -0.1) is 0 Å². The van der Waals surface area contributed by atoms with Crippen molar-refractivity contribution in [3.05, 3.63) is 33.9 Å². The van der Waals surface area contributed by atoms with E-state index < -0.39 is 4.92 Å². The lowest BCUT2D eigenvalue weighted by atomic mass is 10.1. The smallest absolute Gasteiger partial charge is 0.293 e. The molecular weight excluding hydrogens is 274 g/mol. The van der Waals surface area contributed by atoms with Crippen LogP contribution in [0.5, 0.6) is 0 Å². The molecule has 114 valence electrons. The van der Waals surface area contributed by atoms with Crippen LogP contribution >= 0.6 is 0 Å². The van der Waals surface area contributed by atoms with Crippen molar-refractivity contribution in [1.29, 1.82) is 0 Å². The molecule has 21 heavy (non-hydrogen) atoms. The minimum absolute atomic E-state index is 0.116. The molecule has 0 bridgehead atoms. The number of carbonyl (C=O) groups excluding carboxylic acids is 1. The Balaban J connectivity index is 2.11. The molecule has 3 N–H and O–H groups in total. The van der Waals surface area contributed by atoms with E-state index in [-0.39, 0.29) is 23.3 Å². The molecule has 7 heteroatoms. The molecule has 1 aromatic carbocycles. The lowest BCUT2D eigenvalue weighted by molar-refractivity contribution is -0.384. The fraction of sp³-hybridized carbons (Fsp3) is 0.500. The zero-order chi connectivity index (χ0) is 15.4. The molecule has 1 fully saturated rings.